The van der Waals surface area contributed by atoms with Crippen LogP contribution in [0.15, 0.2) is 42.5 Å². The molecule has 2 rings (SSSR count). The molecule has 0 radical (unpaired) electrons. The SMILES string of the molecule is Cc1cccc(CN(C)c2cccc(Cl)c2C(=O)O)c1. The van der Waals surface area contributed by atoms with Crippen LogP contribution in [0.3, 0.4) is 0 Å². The quantitative estimate of drug-likeness (QED) is 0.925. The van der Waals surface area contributed by atoms with Gasteiger partial charge in [0.2, 0.25) is 0 Å². The Balaban J connectivity index is 2.32. The van der Waals surface area contributed by atoms with Gasteiger partial charge in [-0.05, 0) is 24.6 Å². The molecule has 20 heavy (non-hydrogen) atoms. The number of carbonyl (C=O) groups is 1. The van der Waals surface area contributed by atoms with Crippen LogP contribution in [0.25, 0.3) is 0 Å². The van der Waals surface area contributed by atoms with Crippen molar-refractivity contribution in [2.45, 2.75) is 13.5 Å². The highest BCUT2D eigenvalue weighted by molar-refractivity contribution is 6.34. The van der Waals surface area contributed by atoms with E-state index in [1.54, 1.807) is 18.2 Å². The molecule has 0 aromatic heterocycles. The Hall–Kier alpha value is -2.00. The van der Waals surface area contributed by atoms with Gasteiger partial charge in [0, 0.05) is 13.6 Å². The summed E-state index contributed by atoms with van der Waals surface area (Å²) in [5, 5.41) is 9.55. The third kappa shape index (κ3) is 3.11. The smallest absolute Gasteiger partial charge is 0.339 e. The first kappa shape index (κ1) is 14.4. The number of aryl methyl sites for hydroxylation is 1. The van der Waals surface area contributed by atoms with E-state index >= 15 is 0 Å². The largest absolute Gasteiger partial charge is 0.478 e. The number of carboxylic acids is 1. The Morgan fingerprint density at radius 1 is 1.25 bits per heavy atom. The second kappa shape index (κ2) is 5.97. The fourth-order valence-electron chi connectivity index (χ4n) is 2.21. The summed E-state index contributed by atoms with van der Waals surface area (Å²) in [4.78, 5) is 13.2. The minimum atomic E-state index is -1.01. The number of carboxylic acid groups (broad SMARTS) is 1. The molecule has 0 fully saturated rings. The van der Waals surface area contributed by atoms with E-state index in [9.17, 15) is 9.90 Å². The molecule has 0 aliphatic carbocycles. The number of hydrogen-bond acceptors (Lipinski definition) is 2. The summed E-state index contributed by atoms with van der Waals surface area (Å²) in [7, 11) is 1.86. The Morgan fingerprint density at radius 2 is 1.95 bits per heavy atom. The van der Waals surface area contributed by atoms with Crippen molar-refractivity contribution in [2.75, 3.05) is 11.9 Å². The van der Waals surface area contributed by atoms with Gasteiger partial charge >= 0.3 is 5.97 Å². The summed E-state index contributed by atoms with van der Waals surface area (Å²) in [5.41, 5.74) is 3.07. The van der Waals surface area contributed by atoms with Gasteiger partial charge in [-0.2, -0.15) is 0 Å². The van der Waals surface area contributed by atoms with E-state index in [4.69, 9.17) is 11.6 Å². The number of hydrogen-bond donors (Lipinski definition) is 1. The van der Waals surface area contributed by atoms with Crippen LogP contribution in [0.4, 0.5) is 5.69 Å². The predicted molar refractivity (Wildman–Crippen MR) is 81.7 cm³/mol. The van der Waals surface area contributed by atoms with E-state index < -0.39 is 5.97 Å². The fraction of sp³-hybridized carbons (Fsp3) is 0.188. The molecule has 0 amide bonds. The number of nitrogens with zero attached hydrogens (tertiary/aromatic N) is 1. The molecule has 0 aliphatic rings. The first-order chi connectivity index (χ1) is 9.49. The van der Waals surface area contributed by atoms with Gasteiger partial charge in [0.05, 0.1) is 10.7 Å². The van der Waals surface area contributed by atoms with Crippen LogP contribution in [0, 0.1) is 6.92 Å². The normalized spacial score (nSPS) is 10.3. The number of rotatable bonds is 4. The van der Waals surface area contributed by atoms with Crippen molar-refractivity contribution in [1.82, 2.24) is 0 Å². The van der Waals surface area contributed by atoms with E-state index in [2.05, 4.69) is 6.07 Å². The van der Waals surface area contributed by atoms with Crippen molar-refractivity contribution in [3.05, 3.63) is 64.2 Å². The maximum absolute atomic E-state index is 11.3. The van der Waals surface area contributed by atoms with E-state index in [-0.39, 0.29) is 10.6 Å². The zero-order valence-electron chi connectivity index (χ0n) is 11.4. The number of benzene rings is 2. The molecule has 0 saturated heterocycles. The Morgan fingerprint density at radius 3 is 2.60 bits per heavy atom. The van der Waals surface area contributed by atoms with E-state index in [0.29, 0.717) is 12.2 Å². The molecule has 104 valence electrons. The molecular weight excluding hydrogens is 274 g/mol. The zero-order chi connectivity index (χ0) is 14.7. The van der Waals surface area contributed by atoms with Crippen LogP contribution >= 0.6 is 11.6 Å². The minimum Gasteiger partial charge on any atom is -0.478 e. The van der Waals surface area contributed by atoms with Crippen LogP contribution in [-0.2, 0) is 6.54 Å². The topological polar surface area (TPSA) is 40.5 Å². The maximum Gasteiger partial charge on any atom is 0.339 e. The molecule has 0 aliphatic heterocycles. The van der Waals surface area contributed by atoms with E-state index in [1.807, 2.05) is 37.1 Å². The number of aromatic carboxylic acids is 1. The molecule has 2 aromatic carbocycles. The van der Waals surface area contributed by atoms with Crippen LogP contribution in [-0.4, -0.2) is 18.1 Å². The van der Waals surface area contributed by atoms with Gasteiger partial charge in [0.15, 0.2) is 0 Å². The molecule has 0 saturated carbocycles. The number of anilines is 1. The molecule has 0 unspecified atom stereocenters. The summed E-state index contributed by atoms with van der Waals surface area (Å²) >= 11 is 5.99. The van der Waals surface area contributed by atoms with Crippen molar-refractivity contribution in [3.63, 3.8) is 0 Å². The average Bonchev–Trinajstić information content (AvgIpc) is 2.37. The molecule has 4 heteroatoms. The van der Waals surface area contributed by atoms with Crippen molar-refractivity contribution < 1.29 is 9.90 Å². The van der Waals surface area contributed by atoms with Crippen molar-refractivity contribution in [3.8, 4) is 0 Å². The van der Waals surface area contributed by atoms with Crippen LogP contribution < -0.4 is 4.90 Å². The minimum absolute atomic E-state index is 0.143. The first-order valence-corrected chi connectivity index (χ1v) is 6.65. The third-order valence-corrected chi connectivity index (χ3v) is 3.43. The van der Waals surface area contributed by atoms with Crippen molar-refractivity contribution >= 4 is 23.3 Å². The van der Waals surface area contributed by atoms with Gasteiger partial charge in [-0.3, -0.25) is 0 Å². The highest BCUT2D eigenvalue weighted by atomic mass is 35.5. The molecule has 0 spiro atoms. The highest BCUT2D eigenvalue weighted by Crippen LogP contribution is 2.27. The molecule has 3 nitrogen and oxygen atoms in total. The lowest BCUT2D eigenvalue weighted by Gasteiger charge is -2.22. The van der Waals surface area contributed by atoms with Gasteiger partial charge in [-0.1, -0.05) is 47.5 Å². The summed E-state index contributed by atoms with van der Waals surface area (Å²) in [6.07, 6.45) is 0. The van der Waals surface area contributed by atoms with Crippen molar-refractivity contribution in [1.29, 1.82) is 0 Å². The number of halogens is 1. The van der Waals surface area contributed by atoms with E-state index in [0.717, 1.165) is 5.56 Å². The van der Waals surface area contributed by atoms with Gasteiger partial charge in [0.1, 0.15) is 5.56 Å². The molecule has 1 N–H and O–H groups in total. The van der Waals surface area contributed by atoms with Gasteiger partial charge in [-0.15, -0.1) is 0 Å². The summed E-state index contributed by atoms with van der Waals surface area (Å²) in [5.74, 6) is -1.01. The monoisotopic (exact) mass is 289 g/mol. The second-order valence-corrected chi connectivity index (χ2v) is 5.19. The first-order valence-electron chi connectivity index (χ1n) is 6.27. The molecule has 0 atom stereocenters. The Kier molecular flexibility index (Phi) is 4.30. The van der Waals surface area contributed by atoms with Crippen molar-refractivity contribution in [2.24, 2.45) is 0 Å². The van der Waals surface area contributed by atoms with Crippen LogP contribution in [0.2, 0.25) is 5.02 Å². The molecular formula is C16H16ClNO2. The fourth-order valence-corrected chi connectivity index (χ4v) is 2.46. The lowest BCUT2D eigenvalue weighted by Crippen LogP contribution is -2.19. The maximum atomic E-state index is 11.3. The third-order valence-electron chi connectivity index (χ3n) is 3.12. The molecule has 2 aromatic rings. The lowest BCUT2D eigenvalue weighted by molar-refractivity contribution is 0.0697. The summed E-state index contributed by atoms with van der Waals surface area (Å²) < 4.78 is 0. The second-order valence-electron chi connectivity index (χ2n) is 4.78. The molecule has 0 heterocycles. The van der Waals surface area contributed by atoms with E-state index in [1.165, 1.54) is 5.56 Å². The standard InChI is InChI=1S/C16H16ClNO2/c1-11-5-3-6-12(9-11)10-18(2)14-8-4-7-13(17)15(14)16(19)20/h3-9H,10H2,1-2H3,(H,19,20). The van der Waals surface area contributed by atoms with Gasteiger partial charge in [-0.25, -0.2) is 4.79 Å². The van der Waals surface area contributed by atoms with Crippen LogP contribution in [0.5, 0.6) is 0 Å². The Bertz CT molecular complexity index is 640. The van der Waals surface area contributed by atoms with Gasteiger partial charge in [0.25, 0.3) is 0 Å². The average molecular weight is 290 g/mol. The Labute approximate surface area is 123 Å². The predicted octanol–water partition coefficient (Wildman–Crippen LogP) is 3.98. The van der Waals surface area contributed by atoms with Gasteiger partial charge < -0.3 is 10.0 Å². The summed E-state index contributed by atoms with van der Waals surface area (Å²) in [6, 6.07) is 13.3. The highest BCUT2D eigenvalue weighted by Gasteiger charge is 2.17. The molecule has 0 bridgehead atoms. The lowest BCUT2D eigenvalue weighted by atomic mass is 10.1. The summed E-state index contributed by atoms with van der Waals surface area (Å²) in [6.45, 7) is 2.66. The van der Waals surface area contributed by atoms with Crippen LogP contribution in [0.1, 0.15) is 21.5 Å². The zero-order valence-corrected chi connectivity index (χ0v) is 12.2.